The number of nitrogens with one attached hydrogen (secondary N) is 1. The van der Waals surface area contributed by atoms with E-state index in [0.29, 0.717) is 37.8 Å². The van der Waals surface area contributed by atoms with E-state index < -0.39 is 21.7 Å². The van der Waals surface area contributed by atoms with E-state index in [4.69, 9.17) is 9.47 Å². The van der Waals surface area contributed by atoms with Crippen molar-refractivity contribution >= 4 is 27.0 Å². The average molecular weight is 742 g/mol. The zero-order chi connectivity index (χ0) is 37.3. The third-order valence-corrected chi connectivity index (χ3v) is 13.0. The highest BCUT2D eigenvalue weighted by molar-refractivity contribution is 7.87. The molecule has 1 aromatic heterocycles. The van der Waals surface area contributed by atoms with E-state index >= 15 is 0 Å². The molecule has 3 aromatic carbocycles. The fourth-order valence-electron chi connectivity index (χ4n) is 8.36. The Balaban J connectivity index is 1.30. The van der Waals surface area contributed by atoms with Gasteiger partial charge in [0.15, 0.2) is 0 Å². The van der Waals surface area contributed by atoms with Crippen LogP contribution in [-0.4, -0.2) is 92.2 Å². The van der Waals surface area contributed by atoms with Gasteiger partial charge < -0.3 is 18.9 Å². The summed E-state index contributed by atoms with van der Waals surface area (Å²) in [5.74, 6) is 0.543. The lowest BCUT2D eigenvalue weighted by Crippen LogP contribution is -2.49. The number of likely N-dealkylation sites (N-methyl/N-ethyl adjacent to an activating group) is 1. The Morgan fingerprint density at radius 2 is 1.68 bits per heavy atom. The average Bonchev–Trinajstić information content (AvgIpc) is 3.42. The Morgan fingerprint density at radius 1 is 0.925 bits per heavy atom. The first-order valence-corrected chi connectivity index (χ1v) is 20.6. The lowest BCUT2D eigenvalue weighted by molar-refractivity contribution is -0.104. The monoisotopic (exact) mass is 741 g/mol. The molecule has 2 saturated heterocycles. The summed E-state index contributed by atoms with van der Waals surface area (Å²) in [5, 5.41) is 1.10. The van der Waals surface area contributed by atoms with Crippen LogP contribution in [0.3, 0.4) is 0 Å². The zero-order valence-electron chi connectivity index (χ0n) is 31.9. The van der Waals surface area contributed by atoms with Crippen molar-refractivity contribution in [2.24, 2.45) is 0 Å². The van der Waals surface area contributed by atoms with Gasteiger partial charge in [-0.05, 0) is 100 Å². The summed E-state index contributed by atoms with van der Waals surface area (Å²) in [4.78, 5) is 18.4. The second-order valence-electron chi connectivity index (χ2n) is 15.8. The van der Waals surface area contributed by atoms with Crippen LogP contribution in [0.25, 0.3) is 22.2 Å². The molecule has 1 amide bonds. The first kappa shape index (κ1) is 37.6. The summed E-state index contributed by atoms with van der Waals surface area (Å²) in [7, 11) is -0.0292. The van der Waals surface area contributed by atoms with Gasteiger partial charge in [-0.15, -0.1) is 0 Å². The lowest BCUT2D eigenvalue weighted by atomic mass is 9.81. The van der Waals surface area contributed by atoms with Crippen LogP contribution in [0.15, 0.2) is 66.7 Å². The number of nitrogens with zero attached hydrogens (tertiary/aromatic N) is 4. The number of piperazine rings is 1. The maximum absolute atomic E-state index is 13.6. The molecule has 3 aliphatic rings. The number of methoxy groups -OCH3 is 1. The Bertz CT molecular complexity index is 2040. The predicted molar refractivity (Wildman–Crippen MR) is 210 cm³/mol. The van der Waals surface area contributed by atoms with E-state index in [-0.39, 0.29) is 6.04 Å². The number of hydrogen-bond donors (Lipinski definition) is 1. The van der Waals surface area contributed by atoms with Gasteiger partial charge in [0.1, 0.15) is 12.5 Å². The highest BCUT2D eigenvalue weighted by Gasteiger charge is 2.34. The summed E-state index contributed by atoms with van der Waals surface area (Å²) >= 11 is 0. The molecule has 1 saturated carbocycles. The Hall–Kier alpha value is -3.74. The molecule has 1 N–H and O–H groups in total. The maximum Gasteiger partial charge on any atom is 0.304 e. The molecule has 0 radical (unpaired) electrons. The Morgan fingerprint density at radius 3 is 2.36 bits per heavy atom. The van der Waals surface area contributed by atoms with Gasteiger partial charge in [-0.2, -0.15) is 12.7 Å². The molecular formula is C42H55N5O5S. The largest absolute Gasteiger partial charge is 0.497 e. The second-order valence-corrected chi connectivity index (χ2v) is 17.5. The van der Waals surface area contributed by atoms with E-state index in [1.165, 1.54) is 34.7 Å². The van der Waals surface area contributed by atoms with Crippen molar-refractivity contribution in [1.29, 1.82) is 0 Å². The number of aryl methyl sites for hydroxylation is 1. The van der Waals surface area contributed by atoms with Gasteiger partial charge >= 0.3 is 10.2 Å². The molecule has 0 spiro atoms. The molecule has 0 bridgehead atoms. The summed E-state index contributed by atoms with van der Waals surface area (Å²) in [6.07, 6.45) is 6.58. The van der Waals surface area contributed by atoms with Gasteiger partial charge in [0, 0.05) is 60.8 Å². The standard InChI is InChI=1S/C42H55N5O5S/c1-30-25-34(51-5)18-20-35(30)40-39(32-15-10-7-11-16-32)36-19-17-33(41(48)43-53(49,50)46-21-12-22-46)26-37(36)47(40)28-42(2,3)52-29-45-24-23-44(4)27-38(45)31-13-8-6-9-14-31/h6,8-9,13-14,17-20,25-26,32,38H,7,10-12,15-16,21-24,27-29H2,1-5H3,(H,43,48). The number of ether oxygens (including phenoxy) is 2. The number of carbonyl (C=O) groups excluding carboxylic acids is 1. The van der Waals surface area contributed by atoms with Crippen molar-refractivity contribution < 1.29 is 22.7 Å². The molecule has 53 heavy (non-hydrogen) atoms. The third kappa shape index (κ3) is 8.05. The molecule has 4 aromatic rings. The zero-order valence-corrected chi connectivity index (χ0v) is 32.8. The van der Waals surface area contributed by atoms with Crippen LogP contribution in [-0.2, 0) is 21.5 Å². The van der Waals surface area contributed by atoms with Crippen LogP contribution in [0.4, 0.5) is 0 Å². The van der Waals surface area contributed by atoms with Crippen LogP contribution in [0.5, 0.6) is 5.75 Å². The smallest absolute Gasteiger partial charge is 0.304 e. The van der Waals surface area contributed by atoms with E-state index in [2.05, 4.69) is 89.4 Å². The fourth-order valence-corrected chi connectivity index (χ4v) is 9.58. The number of aromatic nitrogens is 1. The second kappa shape index (κ2) is 15.5. The molecule has 284 valence electrons. The third-order valence-electron chi connectivity index (χ3n) is 11.5. The van der Waals surface area contributed by atoms with Crippen LogP contribution in [0.1, 0.15) is 91.4 Å². The quantitative estimate of drug-likeness (QED) is 0.166. The number of hydrogen-bond acceptors (Lipinski definition) is 7. The minimum absolute atomic E-state index is 0.224. The molecule has 1 atom stereocenters. The predicted octanol–water partition coefficient (Wildman–Crippen LogP) is 7.09. The van der Waals surface area contributed by atoms with Crippen LogP contribution >= 0.6 is 0 Å². The number of carbonyl (C=O) groups is 1. The van der Waals surface area contributed by atoms with Gasteiger partial charge in [0.2, 0.25) is 0 Å². The van der Waals surface area contributed by atoms with Gasteiger partial charge in [0.25, 0.3) is 5.91 Å². The van der Waals surface area contributed by atoms with Gasteiger partial charge in [-0.25, -0.2) is 4.72 Å². The number of amides is 1. The Kier molecular flexibility index (Phi) is 11.0. The van der Waals surface area contributed by atoms with Crippen molar-refractivity contribution in [2.45, 2.75) is 83.4 Å². The van der Waals surface area contributed by atoms with E-state index in [9.17, 15) is 13.2 Å². The molecule has 1 aliphatic carbocycles. The lowest BCUT2D eigenvalue weighted by Gasteiger charge is -2.41. The highest BCUT2D eigenvalue weighted by atomic mass is 32.2. The van der Waals surface area contributed by atoms with Gasteiger partial charge in [-0.3, -0.25) is 9.69 Å². The molecular weight excluding hydrogens is 687 g/mol. The topological polar surface area (TPSA) is 96.3 Å². The number of benzene rings is 3. The van der Waals surface area contributed by atoms with E-state index in [1.807, 2.05) is 18.2 Å². The first-order chi connectivity index (χ1) is 25.4. The minimum Gasteiger partial charge on any atom is -0.497 e. The SMILES string of the molecule is COc1ccc(-c2c(C3CCCCC3)c3ccc(C(=O)NS(=O)(=O)N4CCC4)cc3n2CC(C)(C)OCN2CCN(C)CC2c2ccccc2)c(C)c1. The molecule has 3 heterocycles. The maximum atomic E-state index is 13.6. The van der Waals surface area contributed by atoms with E-state index in [0.717, 1.165) is 72.4 Å². The summed E-state index contributed by atoms with van der Waals surface area (Å²) in [6.45, 7) is 11.1. The van der Waals surface area contributed by atoms with Gasteiger partial charge in [0.05, 0.1) is 24.9 Å². The molecule has 10 nitrogen and oxygen atoms in total. The van der Waals surface area contributed by atoms with E-state index in [1.54, 1.807) is 13.2 Å². The number of fused-ring (bicyclic) bond motifs is 1. The molecule has 3 fully saturated rings. The molecule has 1 unspecified atom stereocenters. The molecule has 11 heteroatoms. The molecule has 2 aliphatic heterocycles. The van der Waals surface area contributed by atoms with Crippen LogP contribution in [0.2, 0.25) is 0 Å². The summed E-state index contributed by atoms with van der Waals surface area (Å²) in [6, 6.07) is 22.8. The minimum atomic E-state index is -3.90. The first-order valence-electron chi connectivity index (χ1n) is 19.2. The van der Waals surface area contributed by atoms with Crippen molar-refractivity contribution in [3.63, 3.8) is 0 Å². The normalized spacial score (nSPS) is 19.7. The van der Waals surface area contributed by atoms with Crippen molar-refractivity contribution in [3.8, 4) is 17.0 Å². The van der Waals surface area contributed by atoms with Gasteiger partial charge in [-0.1, -0.05) is 55.7 Å². The van der Waals surface area contributed by atoms with Crippen molar-refractivity contribution in [2.75, 3.05) is 53.6 Å². The summed E-state index contributed by atoms with van der Waals surface area (Å²) in [5.41, 5.74) is 6.56. The number of rotatable bonds is 12. The fraction of sp³-hybridized carbons (Fsp3) is 0.500. The van der Waals surface area contributed by atoms with Crippen molar-refractivity contribution in [3.05, 3.63) is 89.0 Å². The van der Waals surface area contributed by atoms with Crippen molar-refractivity contribution in [1.82, 2.24) is 23.4 Å². The van der Waals surface area contributed by atoms with Crippen LogP contribution < -0.4 is 9.46 Å². The Labute approximate surface area is 315 Å². The van der Waals surface area contributed by atoms with Crippen LogP contribution in [0, 0.1) is 6.92 Å². The highest BCUT2D eigenvalue weighted by Crippen LogP contribution is 2.46. The molecule has 7 rings (SSSR count). The summed E-state index contributed by atoms with van der Waals surface area (Å²) < 4.78 is 44.4.